The van der Waals surface area contributed by atoms with Crippen LogP contribution in [0, 0.1) is 11.7 Å². The minimum atomic E-state index is -0.132. The molecule has 0 saturated carbocycles. The van der Waals surface area contributed by atoms with Crippen molar-refractivity contribution in [3.63, 3.8) is 0 Å². The van der Waals surface area contributed by atoms with Crippen LogP contribution in [0.25, 0.3) is 0 Å². The van der Waals surface area contributed by atoms with E-state index in [4.69, 9.17) is 4.74 Å². The highest BCUT2D eigenvalue weighted by molar-refractivity contribution is 5.49. The van der Waals surface area contributed by atoms with E-state index in [0.717, 1.165) is 44.8 Å². The first-order valence-electron chi connectivity index (χ1n) is 7.92. The fraction of sp³-hybridized carbons (Fsp3) is 0.647. The van der Waals surface area contributed by atoms with Crippen LogP contribution in [0.15, 0.2) is 18.2 Å². The van der Waals surface area contributed by atoms with Crippen LogP contribution in [-0.4, -0.2) is 32.3 Å². The highest BCUT2D eigenvalue weighted by Crippen LogP contribution is 2.23. The van der Waals surface area contributed by atoms with Gasteiger partial charge in [-0.2, -0.15) is 0 Å². The van der Waals surface area contributed by atoms with E-state index in [1.807, 2.05) is 19.1 Å². The first-order valence-corrected chi connectivity index (χ1v) is 7.92. The van der Waals surface area contributed by atoms with Gasteiger partial charge in [-0.25, -0.2) is 4.39 Å². The number of anilines is 1. The molecule has 3 nitrogen and oxygen atoms in total. The molecule has 118 valence electrons. The quantitative estimate of drug-likeness (QED) is 0.902. The van der Waals surface area contributed by atoms with E-state index in [-0.39, 0.29) is 11.9 Å². The number of benzene rings is 1. The largest absolute Gasteiger partial charge is 0.377 e. The number of nitrogens with one attached hydrogen (secondary N) is 1. The molecule has 1 atom stereocenters. The minimum Gasteiger partial charge on any atom is -0.377 e. The van der Waals surface area contributed by atoms with Crippen molar-refractivity contribution in [3.05, 3.63) is 29.6 Å². The summed E-state index contributed by atoms with van der Waals surface area (Å²) >= 11 is 0. The summed E-state index contributed by atoms with van der Waals surface area (Å²) in [5, 5.41) is 3.34. The van der Waals surface area contributed by atoms with Crippen LogP contribution in [0.4, 0.5) is 10.1 Å². The number of ether oxygens (including phenoxy) is 1. The monoisotopic (exact) mass is 294 g/mol. The molecule has 4 heteroatoms. The molecule has 1 heterocycles. The maximum absolute atomic E-state index is 14.4. The average Bonchev–Trinajstić information content (AvgIpc) is 2.63. The molecule has 21 heavy (non-hydrogen) atoms. The van der Waals surface area contributed by atoms with Gasteiger partial charge in [0.05, 0.1) is 11.8 Å². The standard InChI is InChI=1S/C17H27FN2O/c1-13(2)10-19-11-15-5-6-17(16(18)9-15)20-7-4-8-21-14(3)12-20/h5-6,9,13-14,19H,4,7-8,10-12H2,1-3H3. The highest BCUT2D eigenvalue weighted by atomic mass is 19.1. The van der Waals surface area contributed by atoms with E-state index in [2.05, 4.69) is 24.1 Å². The number of hydrogen-bond donors (Lipinski definition) is 1. The number of rotatable bonds is 5. The van der Waals surface area contributed by atoms with Gasteiger partial charge in [-0.3, -0.25) is 0 Å². The molecule has 0 aliphatic carbocycles. The number of nitrogens with zero attached hydrogens (tertiary/aromatic N) is 1. The van der Waals surface area contributed by atoms with E-state index in [0.29, 0.717) is 11.6 Å². The maximum Gasteiger partial charge on any atom is 0.146 e. The fourth-order valence-corrected chi connectivity index (χ4v) is 2.64. The summed E-state index contributed by atoms with van der Waals surface area (Å²) in [5.74, 6) is 0.473. The Morgan fingerprint density at radius 2 is 2.24 bits per heavy atom. The Kier molecular flexibility index (Phi) is 6.00. The predicted octanol–water partition coefficient (Wildman–Crippen LogP) is 3.19. The summed E-state index contributed by atoms with van der Waals surface area (Å²) in [4.78, 5) is 2.10. The molecule has 1 unspecified atom stereocenters. The molecule has 0 amide bonds. The molecule has 1 aliphatic rings. The molecule has 2 rings (SSSR count). The molecule has 1 saturated heterocycles. The zero-order valence-electron chi connectivity index (χ0n) is 13.4. The van der Waals surface area contributed by atoms with Gasteiger partial charge in [0.15, 0.2) is 0 Å². The normalized spacial score (nSPS) is 19.9. The molecule has 0 spiro atoms. The Morgan fingerprint density at radius 3 is 2.95 bits per heavy atom. The minimum absolute atomic E-state index is 0.132. The molecule has 1 fully saturated rings. The van der Waals surface area contributed by atoms with E-state index < -0.39 is 0 Å². The Balaban J connectivity index is 2.01. The van der Waals surface area contributed by atoms with Gasteiger partial charge in [0, 0.05) is 26.2 Å². The molecule has 1 N–H and O–H groups in total. The number of halogens is 1. The van der Waals surface area contributed by atoms with Crippen LogP contribution in [-0.2, 0) is 11.3 Å². The van der Waals surface area contributed by atoms with Crippen molar-refractivity contribution in [3.8, 4) is 0 Å². The predicted molar refractivity (Wildman–Crippen MR) is 85.2 cm³/mol. The molecule has 0 radical (unpaired) electrons. The third-order valence-electron chi connectivity index (χ3n) is 3.69. The summed E-state index contributed by atoms with van der Waals surface area (Å²) < 4.78 is 20.0. The maximum atomic E-state index is 14.4. The summed E-state index contributed by atoms with van der Waals surface area (Å²) in [6, 6.07) is 5.57. The Morgan fingerprint density at radius 1 is 1.43 bits per heavy atom. The molecule has 0 bridgehead atoms. The van der Waals surface area contributed by atoms with Crippen LogP contribution < -0.4 is 10.2 Å². The number of hydrogen-bond acceptors (Lipinski definition) is 3. The topological polar surface area (TPSA) is 24.5 Å². The van der Waals surface area contributed by atoms with Crippen molar-refractivity contribution in [2.45, 2.75) is 39.8 Å². The zero-order valence-corrected chi connectivity index (χ0v) is 13.4. The zero-order chi connectivity index (χ0) is 15.2. The Bertz CT molecular complexity index is 450. The van der Waals surface area contributed by atoms with Gasteiger partial charge in [-0.05, 0) is 43.5 Å². The lowest BCUT2D eigenvalue weighted by molar-refractivity contribution is 0.0820. The second-order valence-electron chi connectivity index (χ2n) is 6.29. The van der Waals surface area contributed by atoms with Crippen LogP contribution >= 0.6 is 0 Å². The van der Waals surface area contributed by atoms with Crippen molar-refractivity contribution in [1.82, 2.24) is 5.32 Å². The lowest BCUT2D eigenvalue weighted by Crippen LogP contribution is -2.30. The summed E-state index contributed by atoms with van der Waals surface area (Å²) in [6.45, 7) is 10.4. The van der Waals surface area contributed by atoms with Crippen LogP contribution in [0.5, 0.6) is 0 Å². The molecule has 1 aromatic rings. The second kappa shape index (κ2) is 7.76. The van der Waals surface area contributed by atoms with Crippen molar-refractivity contribution in [2.24, 2.45) is 5.92 Å². The van der Waals surface area contributed by atoms with E-state index in [1.165, 1.54) is 0 Å². The van der Waals surface area contributed by atoms with E-state index in [9.17, 15) is 4.39 Å². The lowest BCUT2D eigenvalue weighted by Gasteiger charge is -2.25. The molecular formula is C17H27FN2O. The Labute approximate surface area is 127 Å². The summed E-state index contributed by atoms with van der Waals surface area (Å²) in [6.07, 6.45) is 1.10. The van der Waals surface area contributed by atoms with Crippen molar-refractivity contribution >= 4 is 5.69 Å². The SMILES string of the molecule is CC(C)CNCc1ccc(N2CCCOC(C)C2)c(F)c1. The van der Waals surface area contributed by atoms with E-state index in [1.54, 1.807) is 6.07 Å². The third-order valence-corrected chi connectivity index (χ3v) is 3.69. The van der Waals surface area contributed by atoms with Gasteiger partial charge in [-0.15, -0.1) is 0 Å². The third kappa shape index (κ3) is 4.97. The highest BCUT2D eigenvalue weighted by Gasteiger charge is 2.18. The fourth-order valence-electron chi connectivity index (χ4n) is 2.64. The van der Waals surface area contributed by atoms with Gasteiger partial charge in [0.2, 0.25) is 0 Å². The first kappa shape index (κ1) is 16.2. The van der Waals surface area contributed by atoms with Gasteiger partial charge >= 0.3 is 0 Å². The van der Waals surface area contributed by atoms with Crippen molar-refractivity contribution < 1.29 is 9.13 Å². The molecule has 1 aliphatic heterocycles. The molecule has 0 aromatic heterocycles. The van der Waals surface area contributed by atoms with Crippen molar-refractivity contribution in [2.75, 3.05) is 31.1 Å². The summed E-state index contributed by atoms with van der Waals surface area (Å²) in [5.41, 5.74) is 1.69. The van der Waals surface area contributed by atoms with Crippen LogP contribution in [0.1, 0.15) is 32.8 Å². The first-order chi connectivity index (χ1) is 10.1. The van der Waals surface area contributed by atoms with Gasteiger partial charge in [-0.1, -0.05) is 19.9 Å². The smallest absolute Gasteiger partial charge is 0.146 e. The van der Waals surface area contributed by atoms with E-state index >= 15 is 0 Å². The van der Waals surface area contributed by atoms with Gasteiger partial charge in [0.25, 0.3) is 0 Å². The van der Waals surface area contributed by atoms with Crippen LogP contribution in [0.3, 0.4) is 0 Å². The van der Waals surface area contributed by atoms with Crippen molar-refractivity contribution in [1.29, 1.82) is 0 Å². The molecular weight excluding hydrogens is 267 g/mol. The summed E-state index contributed by atoms with van der Waals surface area (Å²) in [7, 11) is 0. The average molecular weight is 294 g/mol. The van der Waals surface area contributed by atoms with Crippen LogP contribution in [0.2, 0.25) is 0 Å². The lowest BCUT2D eigenvalue weighted by atomic mass is 10.1. The molecule has 1 aromatic carbocycles. The van der Waals surface area contributed by atoms with Gasteiger partial charge in [0.1, 0.15) is 5.82 Å². The van der Waals surface area contributed by atoms with Gasteiger partial charge < -0.3 is 15.0 Å². The second-order valence-corrected chi connectivity index (χ2v) is 6.29. The Hall–Kier alpha value is -1.13.